The Bertz CT molecular complexity index is 1880. The zero-order valence-electron chi connectivity index (χ0n) is 24.7. The van der Waals surface area contributed by atoms with Crippen molar-refractivity contribution in [3.63, 3.8) is 0 Å². The van der Waals surface area contributed by atoms with Crippen molar-refractivity contribution in [2.45, 2.75) is 49.1 Å². The number of carbonyl (C=O) groups excluding carboxylic acids is 1. The molecule has 0 unspecified atom stereocenters. The summed E-state index contributed by atoms with van der Waals surface area (Å²) >= 11 is 0. The van der Waals surface area contributed by atoms with Crippen LogP contribution in [0, 0.1) is 6.92 Å². The molecule has 2 aromatic carbocycles. The molecule has 1 amide bonds. The lowest BCUT2D eigenvalue weighted by atomic mass is 9.48. The van der Waals surface area contributed by atoms with Crippen LogP contribution in [-0.2, 0) is 0 Å². The maximum absolute atomic E-state index is 14.0. The number of halogens is 5. The Kier molecular flexibility index (Phi) is 6.36. The van der Waals surface area contributed by atoms with E-state index in [-0.39, 0.29) is 17.6 Å². The molecule has 4 aromatic rings. The quantitative estimate of drug-likeness (QED) is 0.267. The zero-order valence-corrected chi connectivity index (χ0v) is 24.7. The van der Waals surface area contributed by atoms with Crippen molar-refractivity contribution in [2.24, 2.45) is 0 Å². The van der Waals surface area contributed by atoms with Gasteiger partial charge in [-0.3, -0.25) is 4.79 Å². The second-order valence-electron chi connectivity index (χ2n) is 12.8. The number of fused-ring (bicyclic) bond motifs is 9. The van der Waals surface area contributed by atoms with Crippen LogP contribution in [0.4, 0.5) is 27.9 Å². The fourth-order valence-corrected chi connectivity index (χ4v) is 6.84. The van der Waals surface area contributed by atoms with Gasteiger partial charge in [0.2, 0.25) is 5.95 Å². The summed E-state index contributed by atoms with van der Waals surface area (Å²) in [5.74, 6) is 0.361. The number of imidazole rings is 1. The van der Waals surface area contributed by atoms with Crippen molar-refractivity contribution in [1.82, 2.24) is 24.4 Å². The fraction of sp³-hybridized carbons (Fsp3) is 0.357. The highest BCUT2D eigenvalue weighted by Gasteiger charge is 2.61. The van der Waals surface area contributed by atoms with Gasteiger partial charge in [-0.05, 0) is 42.0 Å². The van der Waals surface area contributed by atoms with Crippen LogP contribution in [0.25, 0.3) is 22.2 Å². The molecule has 5 heterocycles. The Morgan fingerprint density at radius 1 is 1.07 bits per heavy atom. The minimum Gasteiger partial charge on any atom is -0.434 e. The van der Waals surface area contributed by atoms with Gasteiger partial charge < -0.3 is 24.2 Å². The van der Waals surface area contributed by atoms with Crippen molar-refractivity contribution in [3.05, 3.63) is 65.2 Å². The predicted molar refractivity (Wildman–Crippen MR) is 162 cm³/mol. The Balaban J connectivity index is 1.32. The number of aliphatic hydroxyl groups is 1. The van der Waals surface area contributed by atoms with Crippen LogP contribution in [0.15, 0.2) is 42.6 Å². The first-order valence-electron chi connectivity index (χ1n) is 14.4. The van der Waals surface area contributed by atoms with Gasteiger partial charge in [-0.15, -0.1) is 0 Å². The summed E-state index contributed by atoms with van der Waals surface area (Å²) in [5, 5.41) is 9.20. The summed E-state index contributed by atoms with van der Waals surface area (Å²) in [6.45, 7) is -2.67. The number of hydrogen-bond acceptors (Lipinski definition) is 7. The molecule has 17 heteroatoms. The first-order valence-corrected chi connectivity index (χ1v) is 14.4. The normalized spacial score (nSPS) is 20.7. The van der Waals surface area contributed by atoms with Crippen molar-refractivity contribution < 1.29 is 36.6 Å². The standard InChI is InChI=1S/C28H26B3F5N6O3/c1-12-15(9-37-25(38-12)40-10-26(44,11-40)27(34,35)36)13-5-6-16-17(7-13)41-18-8-19(22(41)39-16)42(28(29,30)31)23(43)14-3-2-4-20(21(14)18)45-24(32)33/h2-7,9,18-19,24,44H,8,10-11,29-31H2,1H3/t18-,19-/m1/s1. The molecule has 0 spiro atoms. The molecule has 230 valence electrons. The lowest BCUT2D eigenvalue weighted by Gasteiger charge is -2.46. The van der Waals surface area contributed by atoms with Gasteiger partial charge in [-0.1, -0.05) is 12.1 Å². The third-order valence-corrected chi connectivity index (χ3v) is 8.86. The van der Waals surface area contributed by atoms with E-state index in [2.05, 4.69) is 9.97 Å². The number of aromatic nitrogens is 4. The number of aryl methyl sites for hydroxylation is 1. The molecule has 1 fully saturated rings. The largest absolute Gasteiger partial charge is 0.434 e. The van der Waals surface area contributed by atoms with Crippen LogP contribution in [0.3, 0.4) is 0 Å². The Morgan fingerprint density at radius 2 is 1.80 bits per heavy atom. The van der Waals surface area contributed by atoms with Gasteiger partial charge in [0.1, 0.15) is 35.1 Å². The number of ether oxygens (including phenoxy) is 1. The minimum absolute atomic E-state index is 0.0653. The van der Waals surface area contributed by atoms with E-state index >= 15 is 0 Å². The number of nitrogens with zero attached hydrogens (tertiary/aromatic N) is 6. The molecule has 3 aliphatic rings. The highest BCUT2D eigenvalue weighted by Crippen LogP contribution is 2.51. The molecule has 0 saturated carbocycles. The number of carbonyl (C=O) groups is 1. The molecule has 9 nitrogen and oxygen atoms in total. The lowest BCUT2D eigenvalue weighted by molar-refractivity contribution is -0.267. The SMILES string of the molecule is BC(B)(B)N1C(=O)c2cccc(OC(F)F)c2[C@H]2C[C@@H]1c1nc3ccc(-c4cnc(N5CC(O)(C(F)(F)F)C5)nc4C)cc3n12. The molecule has 0 radical (unpaired) electrons. The number of amides is 1. The second-order valence-corrected chi connectivity index (χ2v) is 12.8. The zero-order chi connectivity index (χ0) is 32.2. The van der Waals surface area contributed by atoms with Crippen LogP contribution in [-0.4, -0.2) is 95.7 Å². The van der Waals surface area contributed by atoms with Gasteiger partial charge in [0.15, 0.2) is 5.60 Å². The van der Waals surface area contributed by atoms with E-state index in [9.17, 15) is 31.9 Å². The van der Waals surface area contributed by atoms with Gasteiger partial charge in [0, 0.05) is 29.3 Å². The topological polar surface area (TPSA) is 96.6 Å². The summed E-state index contributed by atoms with van der Waals surface area (Å²) in [6.07, 6.45) is -2.81. The molecule has 2 atom stereocenters. The van der Waals surface area contributed by atoms with E-state index in [1.807, 2.05) is 46.3 Å². The van der Waals surface area contributed by atoms with E-state index in [0.717, 1.165) is 0 Å². The van der Waals surface area contributed by atoms with E-state index in [0.29, 0.717) is 51.2 Å². The van der Waals surface area contributed by atoms with Crippen molar-refractivity contribution >= 4 is 46.4 Å². The predicted octanol–water partition coefficient (Wildman–Crippen LogP) is 1.52. The smallest absolute Gasteiger partial charge is 0.420 e. The number of alkyl halides is 5. The third-order valence-electron chi connectivity index (χ3n) is 8.86. The highest BCUT2D eigenvalue weighted by atomic mass is 19.4. The highest BCUT2D eigenvalue weighted by molar-refractivity contribution is 6.60. The first kappa shape index (κ1) is 29.6. The van der Waals surface area contributed by atoms with Crippen molar-refractivity contribution in [1.29, 1.82) is 0 Å². The lowest BCUT2D eigenvalue weighted by Crippen LogP contribution is -2.69. The van der Waals surface area contributed by atoms with Gasteiger partial charge in [-0.25, -0.2) is 15.0 Å². The fourth-order valence-electron chi connectivity index (χ4n) is 6.84. The maximum Gasteiger partial charge on any atom is 0.420 e. The first-order chi connectivity index (χ1) is 21.1. The molecule has 2 aromatic heterocycles. The van der Waals surface area contributed by atoms with E-state index in [4.69, 9.17) is 9.72 Å². The molecular formula is C28H26B3F5N6O3. The van der Waals surface area contributed by atoms with Gasteiger partial charge in [0.05, 0.1) is 41.9 Å². The van der Waals surface area contributed by atoms with Crippen LogP contribution >= 0.6 is 0 Å². The van der Waals surface area contributed by atoms with E-state index < -0.39 is 48.8 Å². The summed E-state index contributed by atoms with van der Waals surface area (Å²) < 4.78 is 73.3. The van der Waals surface area contributed by atoms with Crippen LogP contribution in [0.2, 0.25) is 0 Å². The van der Waals surface area contributed by atoms with E-state index in [1.165, 1.54) is 23.2 Å². The van der Waals surface area contributed by atoms with Crippen molar-refractivity contribution in [3.8, 4) is 16.9 Å². The van der Waals surface area contributed by atoms with Crippen LogP contribution in [0.1, 0.15) is 45.9 Å². The summed E-state index contributed by atoms with van der Waals surface area (Å²) in [4.78, 5) is 30.6. The molecule has 45 heavy (non-hydrogen) atoms. The monoisotopic (exact) mass is 622 g/mol. The summed E-state index contributed by atoms with van der Waals surface area (Å²) in [7, 11) is 5.76. The molecule has 1 saturated heterocycles. The third kappa shape index (κ3) is 4.49. The van der Waals surface area contributed by atoms with Gasteiger partial charge >= 0.3 is 12.8 Å². The molecule has 3 aliphatic heterocycles. The average Bonchev–Trinajstić information content (AvgIpc) is 3.42. The van der Waals surface area contributed by atoms with Crippen LogP contribution in [0.5, 0.6) is 5.75 Å². The Hall–Kier alpha value is -4.14. The molecule has 2 bridgehead atoms. The van der Waals surface area contributed by atoms with Gasteiger partial charge in [-0.2, -0.15) is 22.0 Å². The second kappa shape index (κ2) is 9.68. The number of β-amino-alcohol motifs (C(OH)–C–C–N with tert-alkyl or cyclic N) is 1. The van der Waals surface area contributed by atoms with E-state index in [1.54, 1.807) is 17.9 Å². The van der Waals surface area contributed by atoms with Gasteiger partial charge in [0.25, 0.3) is 5.91 Å². The molecule has 0 aliphatic carbocycles. The molecular weight excluding hydrogens is 596 g/mol. The summed E-state index contributed by atoms with van der Waals surface area (Å²) in [5.41, 5.74) is 1.09. The summed E-state index contributed by atoms with van der Waals surface area (Å²) in [6, 6.07) is 9.20. The number of hydrogen-bond donors (Lipinski definition) is 1. The number of anilines is 1. The maximum atomic E-state index is 14.0. The number of rotatable bonds is 5. The van der Waals surface area contributed by atoms with Crippen LogP contribution < -0.4 is 9.64 Å². The Morgan fingerprint density at radius 3 is 2.44 bits per heavy atom. The molecule has 1 N–H and O–H groups in total. The van der Waals surface area contributed by atoms with Crippen molar-refractivity contribution in [2.75, 3.05) is 18.0 Å². The average molecular weight is 622 g/mol. The molecule has 7 rings (SSSR count). The number of benzene rings is 2. The Labute approximate surface area is 256 Å². The minimum atomic E-state index is -4.75.